The Morgan fingerprint density at radius 3 is 2.55 bits per heavy atom. The number of rotatable bonds is 2. The Labute approximate surface area is 121 Å². The maximum absolute atomic E-state index is 12.8. The lowest BCUT2D eigenvalue weighted by molar-refractivity contribution is -0.140. The molecule has 2 unspecified atom stereocenters. The molecule has 20 heavy (non-hydrogen) atoms. The van der Waals surface area contributed by atoms with Gasteiger partial charge in [-0.2, -0.15) is 0 Å². The number of hydrogen-bond acceptors (Lipinski definition) is 4. The minimum Gasteiger partial charge on any atom is -0.391 e. The standard InChI is InChI=1S/C15H27N3O2/c19-13-3-1-9-17(11-13)15(20)14-4-2-10-18(14)12-5-7-16-8-6-12/h12-14,16,19H,1-11H2. The van der Waals surface area contributed by atoms with Crippen LogP contribution in [-0.4, -0.2) is 71.7 Å². The van der Waals surface area contributed by atoms with Crippen molar-refractivity contribution in [3.63, 3.8) is 0 Å². The zero-order valence-corrected chi connectivity index (χ0v) is 12.3. The Bertz CT molecular complexity index is 344. The van der Waals surface area contributed by atoms with Crippen LogP contribution in [0.15, 0.2) is 0 Å². The van der Waals surface area contributed by atoms with Crippen molar-refractivity contribution < 1.29 is 9.90 Å². The van der Waals surface area contributed by atoms with Crippen molar-refractivity contribution in [3.8, 4) is 0 Å². The molecule has 0 aliphatic carbocycles. The van der Waals surface area contributed by atoms with Gasteiger partial charge in [0.05, 0.1) is 12.1 Å². The first-order chi connectivity index (χ1) is 9.75. The maximum Gasteiger partial charge on any atom is 0.240 e. The zero-order valence-electron chi connectivity index (χ0n) is 12.3. The van der Waals surface area contributed by atoms with Gasteiger partial charge in [0.25, 0.3) is 0 Å². The number of aliphatic hydroxyl groups excluding tert-OH is 1. The average Bonchev–Trinajstić information content (AvgIpc) is 2.97. The van der Waals surface area contributed by atoms with Crippen molar-refractivity contribution >= 4 is 5.91 Å². The van der Waals surface area contributed by atoms with Crippen molar-refractivity contribution in [2.75, 3.05) is 32.7 Å². The fraction of sp³-hybridized carbons (Fsp3) is 0.933. The van der Waals surface area contributed by atoms with E-state index in [1.54, 1.807) is 0 Å². The number of nitrogens with zero attached hydrogens (tertiary/aromatic N) is 2. The summed E-state index contributed by atoms with van der Waals surface area (Å²) in [7, 11) is 0. The molecular weight excluding hydrogens is 254 g/mol. The van der Waals surface area contributed by atoms with Crippen LogP contribution in [0.25, 0.3) is 0 Å². The van der Waals surface area contributed by atoms with Crippen LogP contribution in [0.5, 0.6) is 0 Å². The van der Waals surface area contributed by atoms with Gasteiger partial charge >= 0.3 is 0 Å². The fourth-order valence-electron chi connectivity index (χ4n) is 4.00. The molecule has 3 aliphatic heterocycles. The third-order valence-corrected chi connectivity index (χ3v) is 5.07. The summed E-state index contributed by atoms with van der Waals surface area (Å²) in [6.07, 6.45) is 5.91. The summed E-state index contributed by atoms with van der Waals surface area (Å²) in [5, 5.41) is 13.2. The third-order valence-electron chi connectivity index (χ3n) is 5.07. The number of nitrogens with one attached hydrogen (secondary N) is 1. The highest BCUT2D eigenvalue weighted by atomic mass is 16.3. The minimum absolute atomic E-state index is 0.0726. The van der Waals surface area contributed by atoms with Crippen molar-refractivity contribution in [2.24, 2.45) is 0 Å². The van der Waals surface area contributed by atoms with Crippen LogP contribution < -0.4 is 5.32 Å². The number of hydrogen-bond donors (Lipinski definition) is 2. The van der Waals surface area contributed by atoms with E-state index in [1.807, 2.05) is 4.90 Å². The summed E-state index contributed by atoms with van der Waals surface area (Å²) in [4.78, 5) is 17.1. The molecule has 3 saturated heterocycles. The van der Waals surface area contributed by atoms with E-state index in [4.69, 9.17) is 0 Å². The second kappa shape index (κ2) is 6.41. The minimum atomic E-state index is -0.318. The van der Waals surface area contributed by atoms with Gasteiger partial charge in [-0.15, -0.1) is 0 Å². The predicted octanol–water partition coefficient (Wildman–Crippen LogP) is 0.186. The summed E-state index contributed by atoms with van der Waals surface area (Å²) >= 11 is 0. The number of carbonyl (C=O) groups is 1. The summed E-state index contributed by atoms with van der Waals surface area (Å²) in [6.45, 7) is 4.58. The molecular formula is C15H27N3O2. The molecule has 0 saturated carbocycles. The first-order valence-electron chi connectivity index (χ1n) is 8.19. The molecule has 0 spiro atoms. The Morgan fingerprint density at radius 1 is 1.05 bits per heavy atom. The Kier molecular flexibility index (Phi) is 4.58. The third kappa shape index (κ3) is 3.00. The van der Waals surface area contributed by atoms with Gasteiger partial charge in [-0.05, 0) is 58.2 Å². The van der Waals surface area contributed by atoms with Crippen LogP contribution in [0.2, 0.25) is 0 Å². The lowest BCUT2D eigenvalue weighted by Crippen LogP contribution is -2.53. The molecule has 2 atom stereocenters. The fourth-order valence-corrected chi connectivity index (χ4v) is 4.00. The summed E-state index contributed by atoms with van der Waals surface area (Å²) < 4.78 is 0. The Balaban J connectivity index is 1.63. The van der Waals surface area contributed by atoms with Gasteiger partial charge in [0.15, 0.2) is 0 Å². The molecule has 3 aliphatic rings. The molecule has 114 valence electrons. The molecule has 0 aromatic heterocycles. The number of β-amino-alcohol motifs (C(OH)–C–C–N with tert-alkyl or cyclic N) is 1. The number of aliphatic hydroxyl groups is 1. The smallest absolute Gasteiger partial charge is 0.240 e. The van der Waals surface area contributed by atoms with Crippen molar-refractivity contribution in [3.05, 3.63) is 0 Å². The van der Waals surface area contributed by atoms with Gasteiger partial charge in [-0.25, -0.2) is 0 Å². The summed E-state index contributed by atoms with van der Waals surface area (Å²) in [6, 6.07) is 0.644. The lowest BCUT2D eigenvalue weighted by Gasteiger charge is -2.38. The van der Waals surface area contributed by atoms with Crippen molar-refractivity contribution in [2.45, 2.75) is 56.7 Å². The van der Waals surface area contributed by atoms with Crippen molar-refractivity contribution in [1.82, 2.24) is 15.1 Å². The Morgan fingerprint density at radius 2 is 1.80 bits per heavy atom. The van der Waals surface area contributed by atoms with Crippen LogP contribution in [-0.2, 0) is 4.79 Å². The van der Waals surface area contributed by atoms with E-state index < -0.39 is 0 Å². The predicted molar refractivity (Wildman–Crippen MR) is 77.4 cm³/mol. The normalized spacial score (nSPS) is 33.5. The van der Waals surface area contributed by atoms with Crippen LogP contribution >= 0.6 is 0 Å². The molecule has 0 aromatic rings. The van der Waals surface area contributed by atoms with Crippen LogP contribution in [0, 0.1) is 0 Å². The van der Waals surface area contributed by atoms with Gasteiger partial charge < -0.3 is 15.3 Å². The number of likely N-dealkylation sites (tertiary alicyclic amines) is 2. The average molecular weight is 281 g/mol. The van der Waals surface area contributed by atoms with Crippen LogP contribution in [0.4, 0.5) is 0 Å². The summed E-state index contributed by atoms with van der Waals surface area (Å²) in [5.41, 5.74) is 0. The lowest BCUT2D eigenvalue weighted by atomic mass is 10.0. The van der Waals surface area contributed by atoms with E-state index in [9.17, 15) is 9.90 Å². The second-order valence-corrected chi connectivity index (χ2v) is 6.46. The molecule has 3 rings (SSSR count). The quantitative estimate of drug-likeness (QED) is 0.758. The maximum atomic E-state index is 12.8. The van der Waals surface area contributed by atoms with E-state index in [-0.39, 0.29) is 18.1 Å². The highest BCUT2D eigenvalue weighted by molar-refractivity contribution is 5.82. The topological polar surface area (TPSA) is 55.8 Å². The van der Waals surface area contributed by atoms with E-state index in [0.29, 0.717) is 12.6 Å². The van der Waals surface area contributed by atoms with Gasteiger partial charge in [0, 0.05) is 19.1 Å². The molecule has 1 amide bonds. The van der Waals surface area contributed by atoms with Gasteiger partial charge in [0.2, 0.25) is 5.91 Å². The van der Waals surface area contributed by atoms with Gasteiger partial charge in [-0.1, -0.05) is 0 Å². The zero-order chi connectivity index (χ0) is 13.9. The molecule has 2 N–H and O–H groups in total. The van der Waals surface area contributed by atoms with Crippen LogP contribution in [0.3, 0.4) is 0 Å². The van der Waals surface area contributed by atoms with Crippen LogP contribution in [0.1, 0.15) is 38.5 Å². The Hall–Kier alpha value is -0.650. The second-order valence-electron chi connectivity index (χ2n) is 6.46. The monoisotopic (exact) mass is 281 g/mol. The van der Waals surface area contributed by atoms with E-state index in [0.717, 1.165) is 64.7 Å². The van der Waals surface area contributed by atoms with Crippen molar-refractivity contribution in [1.29, 1.82) is 0 Å². The molecule has 5 nitrogen and oxygen atoms in total. The van der Waals surface area contributed by atoms with E-state index in [2.05, 4.69) is 10.2 Å². The molecule has 0 aromatic carbocycles. The number of piperidine rings is 2. The largest absolute Gasteiger partial charge is 0.391 e. The molecule has 5 heteroatoms. The van der Waals surface area contributed by atoms with E-state index >= 15 is 0 Å². The number of carbonyl (C=O) groups excluding carboxylic acids is 1. The first kappa shape index (κ1) is 14.3. The highest BCUT2D eigenvalue weighted by Gasteiger charge is 2.38. The van der Waals surface area contributed by atoms with Gasteiger partial charge in [0.1, 0.15) is 0 Å². The molecule has 3 fully saturated rings. The number of amides is 1. The SMILES string of the molecule is O=C(C1CCCN1C1CCNCC1)N1CCCC(O)C1. The molecule has 0 bridgehead atoms. The van der Waals surface area contributed by atoms with Gasteiger partial charge in [-0.3, -0.25) is 9.69 Å². The molecule has 0 radical (unpaired) electrons. The first-order valence-corrected chi connectivity index (χ1v) is 8.19. The molecule has 3 heterocycles. The van der Waals surface area contributed by atoms with E-state index in [1.165, 1.54) is 0 Å². The summed E-state index contributed by atoms with van der Waals surface area (Å²) in [5.74, 6) is 0.264. The highest BCUT2D eigenvalue weighted by Crippen LogP contribution is 2.26.